The summed E-state index contributed by atoms with van der Waals surface area (Å²) >= 11 is 0. The number of amides is 1. The first kappa shape index (κ1) is 23.8. The number of rotatable bonds is 9. The van der Waals surface area contributed by atoms with E-state index in [1.54, 1.807) is 0 Å². The minimum absolute atomic E-state index is 0.322. The molecule has 3 rings (SSSR count). The number of aliphatic hydroxyl groups excluding tert-OH is 1. The molecule has 6 N–H and O–H groups in total. The van der Waals surface area contributed by atoms with Crippen molar-refractivity contribution in [3.05, 3.63) is 60.3 Å². The first-order valence-corrected chi connectivity index (χ1v) is 9.69. The SMILES string of the molecule is C=CCN(CC=C)C1Cc2c[nH]c3ccc(C(N)=O)c(c23)C1.O=C(O)CC(O)C(=O)O. The molecule has 31 heavy (non-hydrogen) atoms. The maximum atomic E-state index is 11.8. The lowest BCUT2D eigenvalue weighted by molar-refractivity contribution is -0.152. The first-order chi connectivity index (χ1) is 14.7. The molecule has 0 saturated carbocycles. The Morgan fingerprint density at radius 1 is 1.19 bits per heavy atom. The summed E-state index contributed by atoms with van der Waals surface area (Å²) in [5.41, 5.74) is 9.60. The number of carboxylic acids is 2. The highest BCUT2D eigenvalue weighted by Crippen LogP contribution is 2.33. The normalized spacial score (nSPS) is 15.6. The van der Waals surface area contributed by atoms with E-state index < -0.39 is 24.5 Å². The topological polar surface area (TPSA) is 157 Å². The molecule has 0 bridgehead atoms. The molecule has 1 heterocycles. The zero-order valence-corrected chi connectivity index (χ0v) is 17.1. The molecule has 0 saturated heterocycles. The highest BCUT2D eigenvalue weighted by molar-refractivity contribution is 6.01. The van der Waals surface area contributed by atoms with E-state index in [0.29, 0.717) is 11.6 Å². The van der Waals surface area contributed by atoms with Crippen molar-refractivity contribution in [1.29, 1.82) is 0 Å². The van der Waals surface area contributed by atoms with Crippen LogP contribution >= 0.6 is 0 Å². The van der Waals surface area contributed by atoms with Crippen molar-refractivity contribution < 1.29 is 29.7 Å². The van der Waals surface area contributed by atoms with Gasteiger partial charge < -0.3 is 26.0 Å². The summed E-state index contributed by atoms with van der Waals surface area (Å²) in [6.07, 6.45) is 5.10. The molecule has 9 heteroatoms. The van der Waals surface area contributed by atoms with Gasteiger partial charge in [-0.2, -0.15) is 0 Å². The molecule has 2 unspecified atom stereocenters. The fourth-order valence-corrected chi connectivity index (χ4v) is 3.75. The molecule has 9 nitrogen and oxygen atoms in total. The van der Waals surface area contributed by atoms with Gasteiger partial charge >= 0.3 is 11.9 Å². The average molecular weight is 429 g/mol. The molecule has 0 aliphatic heterocycles. The Labute approximate surface area is 179 Å². The van der Waals surface area contributed by atoms with E-state index in [-0.39, 0.29) is 5.91 Å². The third-order valence-electron chi connectivity index (χ3n) is 5.09. The lowest BCUT2D eigenvalue weighted by Gasteiger charge is -2.33. The molecule has 2 atom stereocenters. The summed E-state index contributed by atoms with van der Waals surface area (Å²) in [5, 5.41) is 25.3. The van der Waals surface area contributed by atoms with E-state index >= 15 is 0 Å². The summed E-state index contributed by atoms with van der Waals surface area (Å²) in [6.45, 7) is 9.29. The molecule has 1 aromatic heterocycles. The molecule has 0 fully saturated rings. The van der Waals surface area contributed by atoms with Gasteiger partial charge in [0.05, 0.1) is 6.42 Å². The second-order valence-electron chi connectivity index (χ2n) is 7.24. The Morgan fingerprint density at radius 3 is 2.32 bits per heavy atom. The van der Waals surface area contributed by atoms with Gasteiger partial charge in [0, 0.05) is 41.8 Å². The number of aromatic nitrogens is 1. The number of nitrogens with two attached hydrogens (primary N) is 1. The standard InChI is InChI=1S/C18H21N3O.C4H6O5/c1-3-7-21(8-4-2)13-9-12-11-20-16-6-5-14(18(19)22)15(10-13)17(12)16;5-2(4(8)9)1-3(6)7/h3-6,11,13,20H,1-2,7-10H2,(H2,19,22);2,5H,1H2,(H,6,7)(H,8,9). The van der Waals surface area contributed by atoms with Crippen molar-refractivity contribution >= 4 is 28.7 Å². The summed E-state index contributed by atoms with van der Waals surface area (Å²) in [6, 6.07) is 4.09. The first-order valence-electron chi connectivity index (χ1n) is 9.69. The van der Waals surface area contributed by atoms with Crippen LogP contribution in [-0.2, 0) is 22.4 Å². The highest BCUT2D eigenvalue weighted by Gasteiger charge is 2.28. The molecule has 1 aliphatic carbocycles. The van der Waals surface area contributed by atoms with Crippen molar-refractivity contribution in [2.75, 3.05) is 13.1 Å². The molecule has 166 valence electrons. The van der Waals surface area contributed by atoms with Crippen molar-refractivity contribution in [3.63, 3.8) is 0 Å². The molecule has 1 amide bonds. The minimum atomic E-state index is -1.79. The quantitative estimate of drug-likeness (QED) is 0.376. The fourth-order valence-electron chi connectivity index (χ4n) is 3.75. The maximum Gasteiger partial charge on any atom is 0.333 e. The highest BCUT2D eigenvalue weighted by atomic mass is 16.4. The van der Waals surface area contributed by atoms with Crippen molar-refractivity contribution in [2.45, 2.75) is 31.4 Å². The number of primary amides is 1. The zero-order valence-electron chi connectivity index (χ0n) is 17.1. The molecule has 1 aliphatic rings. The number of carboxylic acid groups (broad SMARTS) is 2. The van der Waals surface area contributed by atoms with Crippen LogP contribution in [0.5, 0.6) is 0 Å². The van der Waals surface area contributed by atoms with Gasteiger partial charge in [0.1, 0.15) is 0 Å². The van der Waals surface area contributed by atoms with Gasteiger partial charge in [0.15, 0.2) is 6.10 Å². The zero-order chi connectivity index (χ0) is 23.1. The van der Waals surface area contributed by atoms with Crippen LogP contribution in [0.4, 0.5) is 0 Å². The monoisotopic (exact) mass is 429 g/mol. The van der Waals surface area contributed by atoms with E-state index in [1.807, 2.05) is 30.5 Å². The van der Waals surface area contributed by atoms with Gasteiger partial charge in [-0.15, -0.1) is 13.2 Å². The van der Waals surface area contributed by atoms with Crippen LogP contribution in [0.1, 0.15) is 27.9 Å². The third kappa shape index (κ3) is 5.80. The molecular weight excluding hydrogens is 402 g/mol. The molecule has 0 radical (unpaired) electrons. The number of hydrogen-bond acceptors (Lipinski definition) is 5. The number of benzene rings is 1. The minimum Gasteiger partial charge on any atom is -0.481 e. The van der Waals surface area contributed by atoms with Crippen LogP contribution in [0.25, 0.3) is 10.9 Å². The number of nitrogens with one attached hydrogen (secondary N) is 1. The van der Waals surface area contributed by atoms with Crippen molar-refractivity contribution in [2.24, 2.45) is 5.73 Å². The van der Waals surface area contributed by atoms with Gasteiger partial charge in [0.2, 0.25) is 5.91 Å². The van der Waals surface area contributed by atoms with Gasteiger partial charge in [0.25, 0.3) is 0 Å². The number of nitrogens with zero attached hydrogens (tertiary/aromatic N) is 1. The molecular formula is C22H27N3O6. The molecule has 1 aromatic carbocycles. The summed E-state index contributed by atoms with van der Waals surface area (Å²) in [7, 11) is 0. The Morgan fingerprint density at radius 2 is 1.84 bits per heavy atom. The summed E-state index contributed by atoms with van der Waals surface area (Å²) in [5.74, 6) is -3.20. The van der Waals surface area contributed by atoms with Crippen LogP contribution in [0.3, 0.4) is 0 Å². The number of hydrogen-bond donors (Lipinski definition) is 5. The average Bonchev–Trinajstić information content (AvgIpc) is 3.12. The lowest BCUT2D eigenvalue weighted by Crippen LogP contribution is -2.40. The van der Waals surface area contributed by atoms with Gasteiger partial charge in [-0.1, -0.05) is 12.2 Å². The van der Waals surface area contributed by atoms with Crippen LogP contribution in [-0.4, -0.2) is 68.3 Å². The Hall–Kier alpha value is -3.43. The predicted molar refractivity (Wildman–Crippen MR) is 116 cm³/mol. The fraction of sp³-hybridized carbons (Fsp3) is 0.318. The number of carbonyl (C=O) groups excluding carboxylic acids is 1. The third-order valence-corrected chi connectivity index (χ3v) is 5.09. The van der Waals surface area contributed by atoms with Crippen molar-refractivity contribution in [3.8, 4) is 0 Å². The number of carbonyl (C=O) groups is 3. The second kappa shape index (κ2) is 10.6. The Balaban J connectivity index is 0.000000323. The molecule has 0 spiro atoms. The van der Waals surface area contributed by atoms with Crippen LogP contribution in [0.15, 0.2) is 43.6 Å². The Bertz CT molecular complexity index is 987. The smallest absolute Gasteiger partial charge is 0.333 e. The number of aromatic amines is 1. The number of H-pyrrole nitrogens is 1. The lowest BCUT2D eigenvalue weighted by atomic mass is 9.85. The van der Waals surface area contributed by atoms with E-state index in [1.165, 1.54) is 10.9 Å². The number of aliphatic hydroxyl groups is 1. The predicted octanol–water partition coefficient (Wildman–Crippen LogP) is 1.31. The maximum absolute atomic E-state index is 11.8. The second-order valence-corrected chi connectivity index (χ2v) is 7.24. The summed E-state index contributed by atoms with van der Waals surface area (Å²) in [4.78, 5) is 36.8. The van der Waals surface area contributed by atoms with Gasteiger partial charge in [-0.05, 0) is 36.1 Å². The van der Waals surface area contributed by atoms with Crippen molar-refractivity contribution in [1.82, 2.24) is 9.88 Å². The van der Waals surface area contributed by atoms with E-state index in [0.717, 1.165) is 37.0 Å². The van der Waals surface area contributed by atoms with Crippen LogP contribution in [0.2, 0.25) is 0 Å². The molecule has 2 aromatic rings. The van der Waals surface area contributed by atoms with Crippen LogP contribution < -0.4 is 5.73 Å². The largest absolute Gasteiger partial charge is 0.481 e. The number of aliphatic carboxylic acids is 2. The summed E-state index contributed by atoms with van der Waals surface area (Å²) < 4.78 is 0. The Kier molecular flexibility index (Phi) is 8.12. The van der Waals surface area contributed by atoms with E-state index in [4.69, 9.17) is 21.1 Å². The van der Waals surface area contributed by atoms with E-state index in [9.17, 15) is 14.4 Å². The van der Waals surface area contributed by atoms with E-state index in [2.05, 4.69) is 23.0 Å². The van der Waals surface area contributed by atoms with Gasteiger partial charge in [-0.25, -0.2) is 4.79 Å². The van der Waals surface area contributed by atoms with Gasteiger partial charge in [-0.3, -0.25) is 14.5 Å². The van der Waals surface area contributed by atoms with Crippen LogP contribution in [0, 0.1) is 0 Å².